The van der Waals surface area contributed by atoms with E-state index in [4.69, 9.17) is 26.1 Å². The van der Waals surface area contributed by atoms with Gasteiger partial charge in [0.15, 0.2) is 0 Å². The number of piperazine rings is 1. The zero-order chi connectivity index (χ0) is 32.0. The second-order valence-corrected chi connectivity index (χ2v) is 14.9. The van der Waals surface area contributed by atoms with Gasteiger partial charge in [-0.3, -0.25) is 9.69 Å². The number of carbonyl (C=O) groups excluding carboxylic acids is 1. The number of phenols is 1. The number of aromatic nitrogens is 1. The van der Waals surface area contributed by atoms with Crippen molar-refractivity contribution in [1.29, 1.82) is 0 Å². The van der Waals surface area contributed by atoms with Crippen molar-refractivity contribution in [2.75, 3.05) is 61.7 Å². The van der Waals surface area contributed by atoms with Gasteiger partial charge in [-0.05, 0) is 69.0 Å². The molecule has 1 amide bonds. The highest BCUT2D eigenvalue weighted by molar-refractivity contribution is 6.36. The summed E-state index contributed by atoms with van der Waals surface area (Å²) in [5.74, 6) is 0.879. The Bertz CT molecular complexity index is 1770. The maximum atomic E-state index is 14.1. The number of nitrogens with zero attached hydrogens (tertiary/aromatic N) is 5. The molecule has 10 nitrogen and oxygen atoms in total. The van der Waals surface area contributed by atoms with Crippen molar-refractivity contribution in [1.82, 2.24) is 15.2 Å². The molecule has 0 saturated carbocycles. The minimum atomic E-state index is -0.231. The Morgan fingerprint density at radius 2 is 2.04 bits per heavy atom. The van der Waals surface area contributed by atoms with Gasteiger partial charge >= 0.3 is 0 Å². The van der Waals surface area contributed by atoms with Crippen molar-refractivity contribution >= 4 is 45.3 Å². The van der Waals surface area contributed by atoms with Crippen molar-refractivity contribution in [3.8, 4) is 11.6 Å². The number of likely N-dealkylation sites (N-methyl/N-ethyl adjacent to an activating group) is 1. The lowest BCUT2D eigenvalue weighted by Gasteiger charge is -2.49. The number of benzene rings is 2. The fraction of sp³-hybridized carbons (Fsp3) is 0.556. The molecule has 4 saturated heterocycles. The number of pyridine rings is 1. The molecule has 4 fully saturated rings. The molecule has 1 aromatic heterocycles. The van der Waals surface area contributed by atoms with E-state index < -0.39 is 0 Å². The number of hydrogen-bond donors (Lipinski definition) is 2. The number of hydrogen-bond acceptors (Lipinski definition) is 9. The summed E-state index contributed by atoms with van der Waals surface area (Å²) in [6, 6.07) is 10.1. The number of halogens is 1. The number of ether oxygens (including phenoxy) is 2. The Morgan fingerprint density at radius 3 is 2.91 bits per heavy atom. The van der Waals surface area contributed by atoms with Crippen LogP contribution in [0.3, 0.4) is 0 Å². The molecule has 5 unspecified atom stereocenters. The van der Waals surface area contributed by atoms with Gasteiger partial charge in [0.1, 0.15) is 24.1 Å². The summed E-state index contributed by atoms with van der Waals surface area (Å²) >= 11 is 6.76. The molecule has 5 atom stereocenters. The number of phenolic OH excluding ortho intramolecular Hbond substituents is 1. The first kappa shape index (κ1) is 29.8. The highest BCUT2D eigenvalue weighted by Gasteiger charge is 2.52. The molecule has 3 aromatic rings. The molecule has 2 aromatic carbocycles. The quantitative estimate of drug-likeness (QED) is 0.398. The Balaban J connectivity index is 1.14. The summed E-state index contributed by atoms with van der Waals surface area (Å²) in [5.41, 5.74) is 4.97. The molecule has 248 valence electrons. The zero-order valence-corrected chi connectivity index (χ0v) is 27.9. The second kappa shape index (κ2) is 11.1. The molecule has 6 aliphatic heterocycles. The average Bonchev–Trinajstić information content (AvgIpc) is 3.75. The van der Waals surface area contributed by atoms with E-state index in [1.165, 1.54) is 5.56 Å². The summed E-state index contributed by atoms with van der Waals surface area (Å²) in [5, 5.41) is 16.9. The number of methoxy groups -OCH3 is 1. The van der Waals surface area contributed by atoms with Crippen LogP contribution in [0.4, 0.5) is 17.1 Å². The standard InChI is InChI=1S/C36H43ClN6O4/c1-40-33-31(42-17-22-7-8-27(38-22)32(42)35(40)45)25-10-14-41(29-16-24(44)15-21-5-3-6-26(37)30(21)29)18-28(25)39-34(33)47-20-36-11-4-13-43(36)23(9-12-36)19-46-2/h3,5-6,15-16,22-23,27,32,38,44H,4,7-14,17-20H2,1-2H3. The van der Waals surface area contributed by atoms with Gasteiger partial charge in [0.05, 0.1) is 40.8 Å². The van der Waals surface area contributed by atoms with Crippen LogP contribution in [-0.4, -0.2) is 97.6 Å². The van der Waals surface area contributed by atoms with Crippen molar-refractivity contribution < 1.29 is 19.4 Å². The van der Waals surface area contributed by atoms with Gasteiger partial charge in [-0.1, -0.05) is 23.7 Å². The lowest BCUT2D eigenvalue weighted by Crippen LogP contribution is -2.66. The maximum Gasteiger partial charge on any atom is 0.251 e. The number of fused-ring (bicyclic) bond motifs is 10. The van der Waals surface area contributed by atoms with Crippen molar-refractivity contribution in [2.24, 2.45) is 0 Å². The Labute approximate surface area is 280 Å². The van der Waals surface area contributed by atoms with E-state index in [-0.39, 0.29) is 29.3 Å². The minimum absolute atomic E-state index is 0.0368. The summed E-state index contributed by atoms with van der Waals surface area (Å²) in [6.07, 6.45) is 7.28. The van der Waals surface area contributed by atoms with E-state index in [0.29, 0.717) is 36.1 Å². The molecule has 6 aliphatic rings. The van der Waals surface area contributed by atoms with E-state index in [1.54, 1.807) is 13.2 Å². The lowest BCUT2D eigenvalue weighted by atomic mass is 9.92. The number of nitrogens with one attached hydrogen (secondary N) is 1. The van der Waals surface area contributed by atoms with Crippen LogP contribution >= 0.6 is 11.6 Å². The van der Waals surface area contributed by atoms with Gasteiger partial charge in [-0.15, -0.1) is 0 Å². The minimum Gasteiger partial charge on any atom is -0.508 e. The fourth-order valence-corrected chi connectivity index (χ4v) is 10.2. The van der Waals surface area contributed by atoms with E-state index >= 15 is 0 Å². The van der Waals surface area contributed by atoms with E-state index in [0.717, 1.165) is 105 Å². The van der Waals surface area contributed by atoms with Gasteiger partial charge in [0.25, 0.3) is 5.91 Å². The Hall–Kier alpha value is -3.31. The Kier molecular flexibility index (Phi) is 7.05. The summed E-state index contributed by atoms with van der Waals surface area (Å²) in [7, 11) is 3.69. The predicted molar refractivity (Wildman–Crippen MR) is 183 cm³/mol. The number of carbonyl (C=O) groups is 1. The largest absolute Gasteiger partial charge is 0.508 e. The molecular weight excluding hydrogens is 616 g/mol. The highest BCUT2D eigenvalue weighted by atomic mass is 35.5. The van der Waals surface area contributed by atoms with Crippen LogP contribution in [0.2, 0.25) is 5.02 Å². The van der Waals surface area contributed by atoms with Gasteiger partial charge in [-0.25, -0.2) is 4.98 Å². The molecule has 11 heteroatoms. The van der Waals surface area contributed by atoms with Gasteiger partial charge < -0.3 is 34.6 Å². The van der Waals surface area contributed by atoms with Crippen LogP contribution in [0.1, 0.15) is 49.8 Å². The van der Waals surface area contributed by atoms with Crippen molar-refractivity contribution in [2.45, 2.75) is 81.2 Å². The zero-order valence-electron chi connectivity index (χ0n) is 27.2. The first-order valence-corrected chi connectivity index (χ1v) is 17.6. The molecular formula is C36H43ClN6O4. The number of amides is 1. The SMILES string of the molecule is COCC1CCC2(COc3nc4c(c5c3N(C)C(=O)C3C6CCC(CN53)N6)CCN(c3cc(O)cc5cccc(Cl)c35)C4)CCCN12. The third-order valence-electron chi connectivity index (χ3n) is 12.0. The van der Waals surface area contributed by atoms with Crippen LogP contribution < -0.4 is 24.8 Å². The number of rotatable bonds is 6. The fourth-order valence-electron chi connectivity index (χ4n) is 9.88. The summed E-state index contributed by atoms with van der Waals surface area (Å²) in [6.45, 7) is 4.44. The van der Waals surface area contributed by atoms with Gasteiger partial charge in [0.2, 0.25) is 5.88 Å². The van der Waals surface area contributed by atoms with Crippen molar-refractivity contribution in [3.63, 3.8) is 0 Å². The molecule has 0 spiro atoms. The van der Waals surface area contributed by atoms with Crippen LogP contribution in [0.15, 0.2) is 30.3 Å². The molecule has 0 radical (unpaired) electrons. The first-order valence-electron chi connectivity index (χ1n) is 17.3. The van der Waals surface area contributed by atoms with Gasteiger partial charge in [0, 0.05) is 62.4 Å². The van der Waals surface area contributed by atoms with E-state index in [1.807, 2.05) is 36.2 Å². The smallest absolute Gasteiger partial charge is 0.251 e. The predicted octanol–water partition coefficient (Wildman–Crippen LogP) is 4.46. The van der Waals surface area contributed by atoms with Gasteiger partial charge in [-0.2, -0.15) is 0 Å². The van der Waals surface area contributed by atoms with E-state index in [2.05, 4.69) is 20.0 Å². The third kappa shape index (κ3) is 4.55. The Morgan fingerprint density at radius 1 is 1.15 bits per heavy atom. The topological polar surface area (TPSA) is 93.6 Å². The summed E-state index contributed by atoms with van der Waals surface area (Å²) < 4.78 is 12.5. The van der Waals surface area contributed by atoms with Crippen LogP contribution in [-0.2, 0) is 22.5 Å². The number of anilines is 3. The molecule has 0 aliphatic carbocycles. The van der Waals surface area contributed by atoms with Crippen molar-refractivity contribution in [3.05, 3.63) is 46.6 Å². The van der Waals surface area contributed by atoms with E-state index in [9.17, 15) is 9.90 Å². The molecule has 7 heterocycles. The third-order valence-corrected chi connectivity index (χ3v) is 12.3. The molecule has 47 heavy (non-hydrogen) atoms. The number of aromatic hydroxyl groups is 1. The molecule has 9 rings (SSSR count). The maximum absolute atomic E-state index is 14.1. The summed E-state index contributed by atoms with van der Waals surface area (Å²) in [4.78, 5) is 28.5. The lowest BCUT2D eigenvalue weighted by molar-refractivity contribution is -0.120. The van der Waals surface area contributed by atoms with Crippen LogP contribution in [0, 0.1) is 0 Å². The first-order chi connectivity index (χ1) is 22.8. The highest BCUT2D eigenvalue weighted by Crippen LogP contribution is 2.50. The second-order valence-electron chi connectivity index (χ2n) is 14.5. The average molecular weight is 659 g/mol. The van der Waals surface area contributed by atoms with Crippen LogP contribution in [0.5, 0.6) is 11.6 Å². The monoisotopic (exact) mass is 658 g/mol. The normalized spacial score (nSPS) is 29.7. The molecule has 2 N–H and O–H groups in total. The van der Waals surface area contributed by atoms with Crippen LogP contribution in [0.25, 0.3) is 10.8 Å². The molecule has 2 bridgehead atoms.